The van der Waals surface area contributed by atoms with Crippen LogP contribution in [0.15, 0.2) is 12.4 Å². The molecule has 1 aliphatic carbocycles. The molecule has 6 nitrogen and oxygen atoms in total. The fourth-order valence-corrected chi connectivity index (χ4v) is 2.96. The predicted octanol–water partition coefficient (Wildman–Crippen LogP) is 1.34. The van der Waals surface area contributed by atoms with Crippen molar-refractivity contribution in [2.75, 3.05) is 19.8 Å². The van der Waals surface area contributed by atoms with Crippen molar-refractivity contribution < 1.29 is 14.2 Å². The van der Waals surface area contributed by atoms with Crippen LogP contribution in [-0.4, -0.2) is 47.9 Å². The summed E-state index contributed by atoms with van der Waals surface area (Å²) in [5.74, 6) is 0.809. The van der Waals surface area contributed by atoms with Crippen LogP contribution in [0.25, 0.3) is 0 Å². The Morgan fingerprint density at radius 2 is 2.14 bits per heavy atom. The molecule has 0 aromatic carbocycles. The molecule has 118 valence electrons. The van der Waals surface area contributed by atoms with Gasteiger partial charge in [0.05, 0.1) is 31.6 Å². The molecular formula is C15H25N3O3. The molecule has 0 unspecified atom stereocenters. The lowest BCUT2D eigenvalue weighted by Gasteiger charge is -2.22. The van der Waals surface area contributed by atoms with Crippen molar-refractivity contribution in [1.82, 2.24) is 9.78 Å². The first kappa shape index (κ1) is 14.8. The molecule has 1 aliphatic heterocycles. The van der Waals surface area contributed by atoms with E-state index in [1.54, 1.807) is 6.20 Å². The lowest BCUT2D eigenvalue weighted by Crippen LogP contribution is -2.33. The van der Waals surface area contributed by atoms with Gasteiger partial charge in [-0.3, -0.25) is 4.68 Å². The van der Waals surface area contributed by atoms with Crippen molar-refractivity contribution in [3.8, 4) is 5.75 Å². The SMILES string of the molecule is N[C@H]1CCC[C@H]1Oc1cnn(CCOC2CCOCC2)c1. The first-order valence-corrected chi connectivity index (χ1v) is 7.95. The number of hydrogen-bond acceptors (Lipinski definition) is 5. The van der Waals surface area contributed by atoms with E-state index in [-0.39, 0.29) is 12.1 Å². The normalized spacial score (nSPS) is 27.1. The molecular weight excluding hydrogens is 270 g/mol. The molecule has 1 saturated heterocycles. The fraction of sp³-hybridized carbons (Fsp3) is 0.800. The van der Waals surface area contributed by atoms with Crippen LogP contribution in [-0.2, 0) is 16.0 Å². The average Bonchev–Trinajstić information content (AvgIpc) is 3.11. The highest BCUT2D eigenvalue weighted by Crippen LogP contribution is 2.23. The molecule has 2 fully saturated rings. The van der Waals surface area contributed by atoms with E-state index in [4.69, 9.17) is 19.9 Å². The summed E-state index contributed by atoms with van der Waals surface area (Å²) in [4.78, 5) is 0. The second-order valence-corrected chi connectivity index (χ2v) is 5.87. The van der Waals surface area contributed by atoms with E-state index in [2.05, 4.69) is 5.10 Å². The highest BCUT2D eigenvalue weighted by Gasteiger charge is 2.25. The maximum absolute atomic E-state index is 6.01. The Morgan fingerprint density at radius 3 is 2.90 bits per heavy atom. The molecule has 0 spiro atoms. The Morgan fingerprint density at radius 1 is 1.29 bits per heavy atom. The zero-order valence-electron chi connectivity index (χ0n) is 12.4. The quantitative estimate of drug-likeness (QED) is 0.857. The van der Waals surface area contributed by atoms with Gasteiger partial charge in [-0.1, -0.05) is 0 Å². The molecule has 0 radical (unpaired) electrons. The minimum Gasteiger partial charge on any atom is -0.486 e. The second kappa shape index (κ2) is 7.24. The molecule has 2 N–H and O–H groups in total. The Balaban J connectivity index is 1.40. The van der Waals surface area contributed by atoms with Crippen molar-refractivity contribution in [2.24, 2.45) is 5.73 Å². The number of rotatable bonds is 6. The second-order valence-electron chi connectivity index (χ2n) is 5.87. The maximum atomic E-state index is 6.01. The molecule has 0 amide bonds. The fourth-order valence-electron chi connectivity index (χ4n) is 2.96. The summed E-state index contributed by atoms with van der Waals surface area (Å²) in [5, 5.41) is 4.31. The summed E-state index contributed by atoms with van der Waals surface area (Å²) >= 11 is 0. The minimum atomic E-state index is 0.140. The van der Waals surface area contributed by atoms with Gasteiger partial charge in [0.15, 0.2) is 5.75 Å². The van der Waals surface area contributed by atoms with Gasteiger partial charge in [0.25, 0.3) is 0 Å². The van der Waals surface area contributed by atoms with Gasteiger partial charge in [-0.05, 0) is 32.1 Å². The number of nitrogens with zero attached hydrogens (tertiary/aromatic N) is 2. The summed E-state index contributed by atoms with van der Waals surface area (Å²) in [6.07, 6.45) is 9.40. The van der Waals surface area contributed by atoms with Crippen LogP contribution >= 0.6 is 0 Å². The molecule has 2 atom stereocenters. The third kappa shape index (κ3) is 4.18. The van der Waals surface area contributed by atoms with Crippen molar-refractivity contribution >= 4 is 0 Å². The number of aromatic nitrogens is 2. The summed E-state index contributed by atoms with van der Waals surface area (Å²) < 4.78 is 18.9. The third-order valence-corrected chi connectivity index (χ3v) is 4.24. The standard InChI is InChI=1S/C15H25N3O3/c16-14-2-1-3-15(14)21-13-10-17-18(11-13)6-9-20-12-4-7-19-8-5-12/h10-12,14-15H,1-9,16H2/t14-,15+/m0/s1. The summed E-state index contributed by atoms with van der Waals surface area (Å²) in [6.45, 7) is 3.05. The van der Waals surface area contributed by atoms with Crippen LogP contribution < -0.4 is 10.5 Å². The van der Waals surface area contributed by atoms with Crippen LogP contribution in [0.3, 0.4) is 0 Å². The lowest BCUT2D eigenvalue weighted by molar-refractivity contribution is -0.0344. The molecule has 6 heteroatoms. The molecule has 21 heavy (non-hydrogen) atoms. The van der Waals surface area contributed by atoms with Gasteiger partial charge in [-0.2, -0.15) is 5.10 Å². The predicted molar refractivity (Wildman–Crippen MR) is 78.3 cm³/mol. The smallest absolute Gasteiger partial charge is 0.157 e. The van der Waals surface area contributed by atoms with Crippen molar-refractivity contribution in [1.29, 1.82) is 0 Å². The van der Waals surface area contributed by atoms with Gasteiger partial charge in [0, 0.05) is 19.3 Å². The van der Waals surface area contributed by atoms with Gasteiger partial charge < -0.3 is 19.9 Å². The van der Waals surface area contributed by atoms with Crippen LogP contribution in [0.2, 0.25) is 0 Å². The Bertz CT molecular complexity index is 432. The first-order chi connectivity index (χ1) is 10.3. The number of ether oxygens (including phenoxy) is 3. The molecule has 1 aromatic rings. The van der Waals surface area contributed by atoms with Crippen LogP contribution in [0, 0.1) is 0 Å². The van der Waals surface area contributed by atoms with Gasteiger partial charge in [0.1, 0.15) is 6.10 Å². The largest absolute Gasteiger partial charge is 0.486 e. The van der Waals surface area contributed by atoms with Gasteiger partial charge in [0.2, 0.25) is 0 Å². The van der Waals surface area contributed by atoms with Crippen LogP contribution in [0.4, 0.5) is 0 Å². The first-order valence-electron chi connectivity index (χ1n) is 7.95. The summed E-state index contributed by atoms with van der Waals surface area (Å²) in [6, 6.07) is 0.158. The van der Waals surface area contributed by atoms with Crippen molar-refractivity contribution in [3.63, 3.8) is 0 Å². The van der Waals surface area contributed by atoms with E-state index >= 15 is 0 Å². The lowest BCUT2D eigenvalue weighted by atomic mass is 10.2. The van der Waals surface area contributed by atoms with Crippen LogP contribution in [0.1, 0.15) is 32.1 Å². The van der Waals surface area contributed by atoms with E-state index in [0.717, 1.165) is 57.6 Å². The highest BCUT2D eigenvalue weighted by molar-refractivity contribution is 5.13. The zero-order chi connectivity index (χ0) is 14.5. The van der Waals surface area contributed by atoms with Gasteiger partial charge in [-0.15, -0.1) is 0 Å². The topological polar surface area (TPSA) is 71.5 Å². The highest BCUT2D eigenvalue weighted by atomic mass is 16.5. The van der Waals surface area contributed by atoms with Gasteiger partial charge >= 0.3 is 0 Å². The van der Waals surface area contributed by atoms with E-state index in [9.17, 15) is 0 Å². The molecule has 0 bridgehead atoms. The summed E-state index contributed by atoms with van der Waals surface area (Å²) in [7, 11) is 0. The van der Waals surface area contributed by atoms with E-state index < -0.39 is 0 Å². The summed E-state index contributed by atoms with van der Waals surface area (Å²) in [5.41, 5.74) is 6.01. The van der Waals surface area contributed by atoms with Crippen LogP contribution in [0.5, 0.6) is 5.75 Å². The molecule has 2 heterocycles. The number of hydrogen-bond donors (Lipinski definition) is 1. The average molecular weight is 295 g/mol. The van der Waals surface area contributed by atoms with E-state index in [0.29, 0.717) is 12.7 Å². The monoisotopic (exact) mass is 295 g/mol. The van der Waals surface area contributed by atoms with Crippen molar-refractivity contribution in [3.05, 3.63) is 12.4 Å². The number of nitrogens with two attached hydrogens (primary N) is 1. The minimum absolute atomic E-state index is 0.140. The molecule has 2 aliphatic rings. The van der Waals surface area contributed by atoms with Crippen molar-refractivity contribution in [2.45, 2.75) is 56.9 Å². The third-order valence-electron chi connectivity index (χ3n) is 4.24. The zero-order valence-corrected chi connectivity index (χ0v) is 12.4. The maximum Gasteiger partial charge on any atom is 0.157 e. The molecule has 1 aromatic heterocycles. The molecule has 1 saturated carbocycles. The van der Waals surface area contributed by atoms with Gasteiger partial charge in [-0.25, -0.2) is 0 Å². The van der Waals surface area contributed by atoms with E-state index in [1.807, 2.05) is 10.9 Å². The molecule has 3 rings (SSSR count). The Hall–Kier alpha value is -1.11. The van der Waals surface area contributed by atoms with E-state index in [1.165, 1.54) is 0 Å². The Labute approximate surface area is 125 Å². The Kier molecular flexibility index (Phi) is 5.11.